The van der Waals surface area contributed by atoms with Gasteiger partial charge in [0, 0.05) is 22.6 Å². The molecule has 6 rings (SSSR count). The zero-order chi connectivity index (χ0) is 31.7. The van der Waals surface area contributed by atoms with Crippen LogP contribution in [0.15, 0.2) is 100 Å². The fraction of sp³-hybridized carbons (Fsp3) is 0.216. The minimum absolute atomic E-state index is 0.196. The van der Waals surface area contributed by atoms with Crippen LogP contribution in [-0.2, 0) is 9.53 Å². The van der Waals surface area contributed by atoms with Crippen molar-refractivity contribution in [3.05, 3.63) is 144 Å². The number of fused-ring (bicyclic) bond motifs is 1. The van der Waals surface area contributed by atoms with Crippen molar-refractivity contribution in [2.45, 2.75) is 40.7 Å². The second-order valence-corrected chi connectivity index (χ2v) is 11.9. The topological polar surface area (TPSA) is 74.8 Å². The molecule has 0 saturated carbocycles. The van der Waals surface area contributed by atoms with Crippen LogP contribution in [0.5, 0.6) is 5.75 Å². The molecule has 2 aromatic heterocycles. The summed E-state index contributed by atoms with van der Waals surface area (Å²) in [5.41, 5.74) is 7.45. The van der Waals surface area contributed by atoms with Crippen molar-refractivity contribution in [3.8, 4) is 11.4 Å². The first-order valence-electron chi connectivity index (χ1n) is 15.1. The van der Waals surface area contributed by atoms with Crippen LogP contribution in [0, 0.1) is 20.8 Å². The first kappa shape index (κ1) is 30.1. The number of benzene rings is 3. The SMILES string of the molecule is CCOC(=O)C1=C(c2ccccc2)N=c2s/c(=C\c3cc(C)n(-c4ccc(C)cc4)c3C)c(=O)n2[C@H]1c1ccc(OCC)cc1. The zero-order valence-corrected chi connectivity index (χ0v) is 26.9. The molecule has 3 aromatic carbocycles. The number of carbonyl (C=O) groups excluding carboxylic acids is 1. The summed E-state index contributed by atoms with van der Waals surface area (Å²) in [6, 6.07) is 26.8. The lowest BCUT2D eigenvalue weighted by molar-refractivity contribution is -0.138. The van der Waals surface area contributed by atoms with E-state index in [2.05, 4.69) is 55.7 Å². The highest BCUT2D eigenvalue weighted by Crippen LogP contribution is 2.35. The lowest BCUT2D eigenvalue weighted by Gasteiger charge is -2.26. The molecule has 0 unspecified atom stereocenters. The monoisotopic (exact) mass is 617 g/mol. The van der Waals surface area contributed by atoms with Crippen molar-refractivity contribution < 1.29 is 14.3 Å². The third kappa shape index (κ3) is 5.69. The molecule has 0 fully saturated rings. The number of esters is 1. The highest BCUT2D eigenvalue weighted by atomic mass is 32.1. The van der Waals surface area contributed by atoms with Crippen LogP contribution < -0.4 is 19.6 Å². The summed E-state index contributed by atoms with van der Waals surface area (Å²) in [6.07, 6.45) is 1.93. The normalized spacial score (nSPS) is 14.7. The molecule has 0 saturated heterocycles. The Bertz CT molecular complexity index is 2080. The van der Waals surface area contributed by atoms with E-state index in [1.807, 2.05) is 67.6 Å². The molecule has 7 nitrogen and oxygen atoms in total. The number of carbonyl (C=O) groups is 1. The van der Waals surface area contributed by atoms with E-state index in [9.17, 15) is 9.59 Å². The predicted molar refractivity (Wildman–Crippen MR) is 179 cm³/mol. The van der Waals surface area contributed by atoms with Crippen molar-refractivity contribution in [3.63, 3.8) is 0 Å². The Morgan fingerprint density at radius 3 is 2.31 bits per heavy atom. The lowest BCUT2D eigenvalue weighted by atomic mass is 9.93. The molecule has 0 spiro atoms. The van der Waals surface area contributed by atoms with E-state index in [1.165, 1.54) is 16.9 Å². The standard InChI is InChI=1S/C37H35N3O4S/c1-6-43-30-19-15-27(16-20-30)34-32(36(42)44-7-2)33(26-11-9-8-10-12-26)38-37-40(34)35(41)31(45-37)22-28-21-24(4)39(25(28)5)29-17-13-23(3)14-18-29/h8-22,34H,6-7H2,1-5H3/b31-22-/t34-/m0/s1. The number of aryl methyl sites for hydroxylation is 2. The Labute approximate surface area is 266 Å². The van der Waals surface area contributed by atoms with Gasteiger partial charge in [-0.25, -0.2) is 9.79 Å². The van der Waals surface area contributed by atoms with Crippen molar-refractivity contribution in [1.82, 2.24) is 9.13 Å². The van der Waals surface area contributed by atoms with E-state index in [0.29, 0.717) is 33.0 Å². The van der Waals surface area contributed by atoms with Gasteiger partial charge < -0.3 is 14.0 Å². The molecular formula is C37H35N3O4S. The molecular weight excluding hydrogens is 582 g/mol. The van der Waals surface area contributed by atoms with E-state index < -0.39 is 12.0 Å². The average molecular weight is 618 g/mol. The first-order valence-corrected chi connectivity index (χ1v) is 15.9. The summed E-state index contributed by atoms with van der Waals surface area (Å²) in [6.45, 7) is 10.6. The molecule has 1 atom stereocenters. The molecule has 5 aromatic rings. The Balaban J connectivity index is 1.58. The van der Waals surface area contributed by atoms with Crippen molar-refractivity contribution in [1.29, 1.82) is 0 Å². The fourth-order valence-electron chi connectivity index (χ4n) is 5.83. The molecule has 1 aliphatic rings. The van der Waals surface area contributed by atoms with E-state index in [4.69, 9.17) is 14.5 Å². The number of hydrogen-bond acceptors (Lipinski definition) is 6. The smallest absolute Gasteiger partial charge is 0.338 e. The number of aromatic nitrogens is 2. The molecule has 0 N–H and O–H groups in total. The molecule has 1 aliphatic heterocycles. The maximum atomic E-state index is 14.3. The number of hydrogen-bond donors (Lipinski definition) is 0. The van der Waals surface area contributed by atoms with Gasteiger partial charge in [0.1, 0.15) is 5.75 Å². The van der Waals surface area contributed by atoms with Crippen molar-refractivity contribution in [2.75, 3.05) is 13.2 Å². The zero-order valence-electron chi connectivity index (χ0n) is 26.0. The maximum absolute atomic E-state index is 14.3. The molecule has 3 heterocycles. The first-order chi connectivity index (χ1) is 21.8. The number of thiazole rings is 1. The van der Waals surface area contributed by atoms with Gasteiger partial charge in [-0.15, -0.1) is 0 Å². The third-order valence-corrected chi connectivity index (χ3v) is 8.91. The van der Waals surface area contributed by atoms with Crippen LogP contribution >= 0.6 is 11.3 Å². The quantitative estimate of drug-likeness (QED) is 0.199. The molecule has 0 aliphatic carbocycles. The summed E-state index contributed by atoms with van der Waals surface area (Å²) in [5, 5.41) is 0. The van der Waals surface area contributed by atoms with Gasteiger partial charge in [-0.1, -0.05) is 71.5 Å². The lowest BCUT2D eigenvalue weighted by Crippen LogP contribution is -2.40. The molecule has 45 heavy (non-hydrogen) atoms. The van der Waals surface area contributed by atoms with Gasteiger partial charge in [0.15, 0.2) is 4.80 Å². The maximum Gasteiger partial charge on any atom is 0.338 e. The van der Waals surface area contributed by atoms with E-state index in [-0.39, 0.29) is 12.2 Å². The van der Waals surface area contributed by atoms with Crippen LogP contribution in [0.25, 0.3) is 17.5 Å². The number of rotatable bonds is 8. The average Bonchev–Trinajstić information content (AvgIpc) is 3.51. The van der Waals surface area contributed by atoms with Crippen LogP contribution in [0.4, 0.5) is 0 Å². The predicted octanol–water partition coefficient (Wildman–Crippen LogP) is 6.05. The van der Waals surface area contributed by atoms with Gasteiger partial charge in [0.25, 0.3) is 5.56 Å². The summed E-state index contributed by atoms with van der Waals surface area (Å²) >= 11 is 1.32. The molecule has 228 valence electrons. The molecule has 0 bridgehead atoms. The largest absolute Gasteiger partial charge is 0.494 e. The van der Waals surface area contributed by atoms with Gasteiger partial charge in [-0.2, -0.15) is 0 Å². The Morgan fingerprint density at radius 1 is 0.933 bits per heavy atom. The van der Waals surface area contributed by atoms with E-state index >= 15 is 0 Å². The second-order valence-electron chi connectivity index (χ2n) is 10.9. The Morgan fingerprint density at radius 2 is 1.64 bits per heavy atom. The summed E-state index contributed by atoms with van der Waals surface area (Å²) in [5.74, 6) is 0.206. The number of ether oxygens (including phenoxy) is 2. The highest BCUT2D eigenvalue weighted by molar-refractivity contribution is 7.07. The summed E-state index contributed by atoms with van der Waals surface area (Å²) < 4.78 is 15.6. The Kier molecular flexibility index (Phi) is 8.41. The van der Waals surface area contributed by atoms with Gasteiger partial charge in [-0.3, -0.25) is 9.36 Å². The minimum Gasteiger partial charge on any atom is -0.494 e. The van der Waals surface area contributed by atoms with Crippen LogP contribution in [0.3, 0.4) is 0 Å². The Hall–Kier alpha value is -4.95. The molecule has 0 radical (unpaired) electrons. The fourth-order valence-corrected chi connectivity index (χ4v) is 6.83. The summed E-state index contributed by atoms with van der Waals surface area (Å²) in [7, 11) is 0. The number of nitrogens with zero attached hydrogens (tertiary/aromatic N) is 3. The highest BCUT2D eigenvalue weighted by Gasteiger charge is 2.35. The van der Waals surface area contributed by atoms with Gasteiger partial charge in [0.2, 0.25) is 0 Å². The van der Waals surface area contributed by atoms with Gasteiger partial charge in [-0.05, 0) is 82.2 Å². The van der Waals surface area contributed by atoms with Crippen LogP contribution in [0.1, 0.15) is 53.5 Å². The second kappa shape index (κ2) is 12.6. The van der Waals surface area contributed by atoms with Crippen molar-refractivity contribution in [2.24, 2.45) is 4.99 Å². The molecule has 8 heteroatoms. The summed E-state index contributed by atoms with van der Waals surface area (Å²) in [4.78, 5) is 33.5. The van der Waals surface area contributed by atoms with Crippen LogP contribution in [0.2, 0.25) is 0 Å². The van der Waals surface area contributed by atoms with Gasteiger partial charge in [0.05, 0.1) is 35.1 Å². The van der Waals surface area contributed by atoms with E-state index in [0.717, 1.165) is 33.8 Å². The third-order valence-electron chi connectivity index (χ3n) is 7.93. The van der Waals surface area contributed by atoms with Crippen molar-refractivity contribution >= 4 is 29.1 Å². The van der Waals surface area contributed by atoms with Crippen LogP contribution in [-0.4, -0.2) is 28.3 Å². The van der Waals surface area contributed by atoms with Gasteiger partial charge >= 0.3 is 5.97 Å². The minimum atomic E-state index is -0.742. The molecule has 0 amide bonds. The van der Waals surface area contributed by atoms with E-state index in [1.54, 1.807) is 11.5 Å².